The number of nitrogens with one attached hydrogen (secondary N) is 1. The van der Waals surface area contributed by atoms with Gasteiger partial charge >= 0.3 is 0 Å². The summed E-state index contributed by atoms with van der Waals surface area (Å²) in [6.45, 7) is 6.26. The third-order valence-corrected chi connectivity index (χ3v) is 4.72. The number of hydrogen-bond acceptors (Lipinski definition) is 2. The van der Waals surface area contributed by atoms with Crippen molar-refractivity contribution in [3.05, 3.63) is 29.6 Å². The molecule has 1 saturated carbocycles. The summed E-state index contributed by atoms with van der Waals surface area (Å²) in [6.07, 6.45) is 3.37. The molecule has 1 aromatic carbocycles. The molecule has 0 bridgehead atoms. The number of halogens is 1. The zero-order valence-corrected chi connectivity index (χ0v) is 13.1. The Morgan fingerprint density at radius 3 is 2.43 bits per heavy atom. The smallest absolute Gasteiger partial charge is 0.243 e. The van der Waals surface area contributed by atoms with Crippen molar-refractivity contribution in [3.8, 4) is 0 Å². The number of hydrogen-bond donors (Lipinski definition) is 2. The van der Waals surface area contributed by atoms with Crippen molar-refractivity contribution in [2.45, 2.75) is 52.0 Å². The fourth-order valence-electron chi connectivity index (χ4n) is 3.32. The zero-order chi connectivity index (χ0) is 15.6. The van der Waals surface area contributed by atoms with E-state index in [1.165, 1.54) is 12.1 Å². The van der Waals surface area contributed by atoms with Crippen LogP contribution in [0.4, 0.5) is 10.1 Å². The Morgan fingerprint density at radius 2 is 1.95 bits per heavy atom. The maximum absolute atomic E-state index is 13.5. The molecule has 0 atom stereocenters. The topological polar surface area (TPSA) is 55.1 Å². The molecule has 0 radical (unpaired) electrons. The van der Waals surface area contributed by atoms with Crippen LogP contribution in [0.25, 0.3) is 0 Å². The van der Waals surface area contributed by atoms with Gasteiger partial charge in [0.2, 0.25) is 5.91 Å². The van der Waals surface area contributed by atoms with E-state index >= 15 is 0 Å². The molecule has 3 N–H and O–H groups in total. The van der Waals surface area contributed by atoms with Crippen LogP contribution in [-0.4, -0.2) is 11.4 Å². The lowest BCUT2D eigenvalue weighted by molar-refractivity contribution is -0.123. The molecule has 0 heterocycles. The van der Waals surface area contributed by atoms with Gasteiger partial charge in [0, 0.05) is 5.69 Å². The number of amides is 1. The predicted molar refractivity (Wildman–Crippen MR) is 83.5 cm³/mol. The lowest BCUT2D eigenvalue weighted by Crippen LogP contribution is -2.53. The number of carbonyl (C=O) groups excluding carboxylic acids is 1. The summed E-state index contributed by atoms with van der Waals surface area (Å²) < 4.78 is 13.5. The number of aryl methyl sites for hydroxylation is 1. The Morgan fingerprint density at radius 1 is 1.33 bits per heavy atom. The van der Waals surface area contributed by atoms with Crippen molar-refractivity contribution in [2.75, 3.05) is 5.32 Å². The normalized spacial score (nSPS) is 25.9. The maximum atomic E-state index is 13.5. The Balaban J connectivity index is 2.18. The van der Waals surface area contributed by atoms with Gasteiger partial charge in [-0.3, -0.25) is 4.79 Å². The van der Waals surface area contributed by atoms with Gasteiger partial charge in [0.05, 0.1) is 0 Å². The second-order valence-electron chi connectivity index (χ2n) is 6.67. The van der Waals surface area contributed by atoms with Crippen molar-refractivity contribution in [2.24, 2.45) is 17.6 Å². The van der Waals surface area contributed by atoms with Crippen LogP contribution in [-0.2, 0) is 4.79 Å². The first-order chi connectivity index (χ1) is 9.82. The lowest BCUT2D eigenvalue weighted by atomic mass is 9.72. The number of benzene rings is 1. The molecule has 0 aliphatic heterocycles. The van der Waals surface area contributed by atoms with Gasteiger partial charge in [0.1, 0.15) is 11.4 Å². The number of nitrogens with two attached hydrogens (primary N) is 1. The summed E-state index contributed by atoms with van der Waals surface area (Å²) in [7, 11) is 0. The molecule has 0 aromatic heterocycles. The van der Waals surface area contributed by atoms with Gasteiger partial charge in [0.15, 0.2) is 0 Å². The Labute approximate surface area is 126 Å². The summed E-state index contributed by atoms with van der Waals surface area (Å²) in [5.41, 5.74) is 6.37. The number of carbonyl (C=O) groups is 1. The minimum atomic E-state index is -0.744. The van der Waals surface area contributed by atoms with Gasteiger partial charge < -0.3 is 11.1 Å². The van der Waals surface area contributed by atoms with Crippen LogP contribution in [0, 0.1) is 24.6 Å². The number of primary amides is 1. The Hall–Kier alpha value is -1.58. The number of anilines is 1. The maximum Gasteiger partial charge on any atom is 0.243 e. The molecule has 1 aliphatic rings. The van der Waals surface area contributed by atoms with Crippen molar-refractivity contribution >= 4 is 11.6 Å². The highest BCUT2D eigenvalue weighted by Gasteiger charge is 2.41. The van der Waals surface area contributed by atoms with Crippen LogP contribution in [0.3, 0.4) is 0 Å². The number of rotatable bonds is 4. The fraction of sp³-hybridized carbons (Fsp3) is 0.588. The average Bonchev–Trinajstić information content (AvgIpc) is 2.37. The highest BCUT2D eigenvalue weighted by atomic mass is 19.1. The molecule has 2 rings (SSSR count). The molecule has 1 amide bonds. The first-order valence-electron chi connectivity index (χ1n) is 7.68. The zero-order valence-electron chi connectivity index (χ0n) is 13.1. The molecule has 0 spiro atoms. The first kappa shape index (κ1) is 15.8. The van der Waals surface area contributed by atoms with E-state index in [0.717, 1.165) is 18.4 Å². The van der Waals surface area contributed by atoms with E-state index < -0.39 is 5.54 Å². The van der Waals surface area contributed by atoms with Gasteiger partial charge in [-0.05, 0) is 68.2 Å². The molecular formula is C17H25FN2O. The summed E-state index contributed by atoms with van der Waals surface area (Å²) in [5, 5.41) is 3.22. The molecule has 21 heavy (non-hydrogen) atoms. The van der Waals surface area contributed by atoms with Gasteiger partial charge in [-0.2, -0.15) is 0 Å². The minimum Gasteiger partial charge on any atom is -0.371 e. The molecule has 0 unspecified atom stereocenters. The standard InChI is InChI=1S/C17H25FN2O/c1-11(2)13-4-6-17(7-5-13,16(19)21)20-15-9-12(3)8-14(18)10-15/h8-11,13,20H,4-7H2,1-3H3,(H2,19,21). The minimum absolute atomic E-state index is 0.298. The third kappa shape index (κ3) is 3.55. The molecule has 0 saturated heterocycles. The molecule has 1 aliphatic carbocycles. The van der Waals surface area contributed by atoms with E-state index in [9.17, 15) is 9.18 Å². The summed E-state index contributed by atoms with van der Waals surface area (Å²) in [4.78, 5) is 12.0. The van der Waals surface area contributed by atoms with E-state index in [1.807, 2.05) is 13.0 Å². The third-order valence-electron chi connectivity index (χ3n) is 4.72. The van der Waals surface area contributed by atoms with Crippen molar-refractivity contribution in [3.63, 3.8) is 0 Å². The molecular weight excluding hydrogens is 267 g/mol. The predicted octanol–water partition coefficient (Wildman–Crippen LogP) is 3.62. The van der Waals surface area contributed by atoms with Crippen LogP contribution in [0.1, 0.15) is 45.1 Å². The summed E-state index contributed by atoms with van der Waals surface area (Å²) in [5.74, 6) is 0.611. The largest absolute Gasteiger partial charge is 0.371 e. The SMILES string of the molecule is Cc1cc(F)cc(NC2(C(N)=O)CCC(C(C)C)CC2)c1. The fourth-order valence-corrected chi connectivity index (χ4v) is 3.32. The van der Waals surface area contributed by atoms with Gasteiger partial charge in [-0.15, -0.1) is 0 Å². The molecule has 116 valence electrons. The van der Waals surface area contributed by atoms with Crippen LogP contribution in [0.2, 0.25) is 0 Å². The summed E-state index contributed by atoms with van der Waals surface area (Å²) >= 11 is 0. The van der Waals surface area contributed by atoms with Crippen LogP contribution in [0.5, 0.6) is 0 Å². The monoisotopic (exact) mass is 292 g/mol. The quantitative estimate of drug-likeness (QED) is 0.890. The second kappa shape index (κ2) is 6.04. The first-order valence-corrected chi connectivity index (χ1v) is 7.68. The van der Waals surface area contributed by atoms with E-state index in [0.29, 0.717) is 30.4 Å². The van der Waals surface area contributed by atoms with Crippen LogP contribution in [0.15, 0.2) is 18.2 Å². The highest BCUT2D eigenvalue weighted by molar-refractivity contribution is 5.88. The molecule has 4 heteroatoms. The van der Waals surface area contributed by atoms with Crippen LogP contribution < -0.4 is 11.1 Å². The van der Waals surface area contributed by atoms with Gasteiger partial charge in [-0.1, -0.05) is 13.8 Å². The van der Waals surface area contributed by atoms with E-state index in [2.05, 4.69) is 19.2 Å². The van der Waals surface area contributed by atoms with Gasteiger partial charge in [-0.25, -0.2) is 4.39 Å². The second-order valence-corrected chi connectivity index (χ2v) is 6.67. The van der Waals surface area contributed by atoms with Crippen molar-refractivity contribution in [1.29, 1.82) is 0 Å². The average molecular weight is 292 g/mol. The Bertz CT molecular complexity index is 499. The van der Waals surface area contributed by atoms with Gasteiger partial charge in [0.25, 0.3) is 0 Å². The molecule has 1 fully saturated rings. The van der Waals surface area contributed by atoms with E-state index in [1.54, 1.807) is 0 Å². The van der Waals surface area contributed by atoms with E-state index in [-0.39, 0.29) is 11.7 Å². The molecule has 3 nitrogen and oxygen atoms in total. The summed E-state index contributed by atoms with van der Waals surface area (Å²) in [6, 6.07) is 4.74. The van der Waals surface area contributed by atoms with Crippen molar-refractivity contribution in [1.82, 2.24) is 0 Å². The molecule has 1 aromatic rings. The van der Waals surface area contributed by atoms with Crippen molar-refractivity contribution < 1.29 is 9.18 Å². The van der Waals surface area contributed by atoms with Crippen LogP contribution >= 0.6 is 0 Å². The lowest BCUT2D eigenvalue weighted by Gasteiger charge is -2.40. The van der Waals surface area contributed by atoms with E-state index in [4.69, 9.17) is 5.73 Å². The Kier molecular flexibility index (Phi) is 4.55. The highest BCUT2D eigenvalue weighted by Crippen LogP contribution is 2.38.